The largest absolute Gasteiger partial charge is 0.380 e. The first kappa shape index (κ1) is 28.9. The second kappa shape index (κ2) is 14.3. The molecule has 0 fully saturated rings. The zero-order chi connectivity index (χ0) is 26.0. The predicted molar refractivity (Wildman–Crippen MR) is 155 cm³/mol. The van der Waals surface area contributed by atoms with E-state index in [2.05, 4.69) is 82.1 Å². The minimum Gasteiger partial charge on any atom is -0.380 e. The Kier molecular flexibility index (Phi) is 11.5. The van der Waals surface area contributed by atoms with Crippen molar-refractivity contribution >= 4 is 31.9 Å². The summed E-state index contributed by atoms with van der Waals surface area (Å²) >= 11 is 7.64. The second-order valence-corrected chi connectivity index (χ2v) is 11.9. The number of hydrogen-bond acceptors (Lipinski definition) is 3. The van der Waals surface area contributed by atoms with Crippen LogP contribution in [0.15, 0.2) is 78.4 Å². The fraction of sp³-hybridized carbons (Fsp3) is 0.452. The van der Waals surface area contributed by atoms with Crippen LogP contribution in [-0.2, 0) is 16.9 Å². The molecule has 0 aromatic heterocycles. The average molecular weight is 615 g/mol. The maximum atomic E-state index is 12.6. The molecule has 0 spiro atoms. The molecule has 0 heterocycles. The summed E-state index contributed by atoms with van der Waals surface area (Å²) in [6.45, 7) is 5.69. The summed E-state index contributed by atoms with van der Waals surface area (Å²) in [4.78, 5) is 0.149. The van der Waals surface area contributed by atoms with Gasteiger partial charge in [-0.05, 0) is 59.9 Å². The summed E-state index contributed by atoms with van der Waals surface area (Å²) in [5, 5.41) is 21.5. The van der Waals surface area contributed by atoms with Gasteiger partial charge in [-0.2, -0.15) is 5.26 Å². The summed E-state index contributed by atoms with van der Waals surface area (Å²) in [5.74, 6) is 0.488. The van der Waals surface area contributed by atoms with Gasteiger partial charge < -0.3 is 9.84 Å². The standard InChI is InChI=1S/C31H37Br2NO2/c1-3-4-9-27(20-23(2)18-19-36-22-25-16-14-24(21-34)15-17-25)31(35,26-10-6-5-7-11-26)28-12-8-13-29(32)30(28)33/h5-8,10-17,23,27,29-30,35H,3-4,9,18-20,22H2,1-2H3. The number of aliphatic hydroxyl groups is 1. The first-order valence-corrected chi connectivity index (χ1v) is 14.7. The number of benzene rings is 2. The van der Waals surface area contributed by atoms with E-state index in [0.717, 1.165) is 48.8 Å². The third-order valence-electron chi connectivity index (χ3n) is 7.09. The number of nitrogens with zero attached hydrogens (tertiary/aromatic N) is 1. The Morgan fingerprint density at radius 1 is 1.08 bits per heavy atom. The van der Waals surface area contributed by atoms with E-state index in [-0.39, 0.29) is 15.6 Å². The maximum absolute atomic E-state index is 12.6. The number of ether oxygens (including phenoxy) is 1. The number of hydrogen-bond donors (Lipinski definition) is 1. The Hall–Kier alpha value is -1.71. The monoisotopic (exact) mass is 613 g/mol. The molecule has 2 aromatic carbocycles. The van der Waals surface area contributed by atoms with E-state index >= 15 is 0 Å². The van der Waals surface area contributed by atoms with Gasteiger partial charge in [0, 0.05) is 11.4 Å². The van der Waals surface area contributed by atoms with Crippen LogP contribution in [0.4, 0.5) is 0 Å². The Balaban J connectivity index is 1.73. The Morgan fingerprint density at radius 3 is 2.47 bits per heavy atom. The lowest BCUT2D eigenvalue weighted by atomic mass is 9.68. The van der Waals surface area contributed by atoms with Crippen LogP contribution in [0, 0.1) is 23.2 Å². The van der Waals surface area contributed by atoms with Crippen molar-refractivity contribution in [1.82, 2.24) is 0 Å². The molecule has 192 valence electrons. The van der Waals surface area contributed by atoms with Crippen molar-refractivity contribution in [3.8, 4) is 6.07 Å². The van der Waals surface area contributed by atoms with Gasteiger partial charge in [-0.15, -0.1) is 0 Å². The number of alkyl halides is 2. The molecule has 5 unspecified atom stereocenters. The normalized spacial score (nSPS) is 20.7. The molecule has 0 saturated carbocycles. The molecule has 3 rings (SSSR count). The van der Waals surface area contributed by atoms with Gasteiger partial charge in [0.05, 0.1) is 23.1 Å². The summed E-state index contributed by atoms with van der Waals surface area (Å²) in [6, 6.07) is 19.9. The number of nitriles is 1. The number of allylic oxidation sites excluding steroid dienone is 3. The molecule has 1 N–H and O–H groups in total. The van der Waals surface area contributed by atoms with Crippen LogP contribution in [-0.4, -0.2) is 21.4 Å². The van der Waals surface area contributed by atoms with Gasteiger partial charge in [-0.3, -0.25) is 0 Å². The van der Waals surface area contributed by atoms with Crippen molar-refractivity contribution in [2.75, 3.05) is 6.61 Å². The minimum absolute atomic E-state index is 0.0166. The predicted octanol–water partition coefficient (Wildman–Crippen LogP) is 8.21. The zero-order valence-electron chi connectivity index (χ0n) is 21.2. The summed E-state index contributed by atoms with van der Waals surface area (Å²) in [7, 11) is 0. The van der Waals surface area contributed by atoms with Gasteiger partial charge in [0.1, 0.15) is 5.60 Å². The fourth-order valence-corrected chi connectivity index (χ4v) is 6.13. The molecule has 1 aliphatic carbocycles. The molecule has 0 radical (unpaired) electrons. The maximum Gasteiger partial charge on any atom is 0.115 e. The summed E-state index contributed by atoms with van der Waals surface area (Å²) in [6.07, 6.45) is 11.2. The van der Waals surface area contributed by atoms with Crippen LogP contribution in [0.5, 0.6) is 0 Å². The molecular weight excluding hydrogens is 578 g/mol. The Labute approximate surface area is 233 Å². The summed E-state index contributed by atoms with van der Waals surface area (Å²) in [5.41, 5.74) is 2.66. The molecular formula is C31H37Br2NO2. The molecule has 5 heteroatoms. The lowest BCUT2D eigenvalue weighted by Gasteiger charge is -2.43. The minimum atomic E-state index is -1.06. The number of unbranched alkanes of at least 4 members (excludes halogenated alkanes) is 1. The van der Waals surface area contributed by atoms with Crippen molar-refractivity contribution in [3.63, 3.8) is 0 Å². The average Bonchev–Trinajstić information content (AvgIpc) is 2.91. The van der Waals surface area contributed by atoms with E-state index in [0.29, 0.717) is 24.7 Å². The topological polar surface area (TPSA) is 53.2 Å². The van der Waals surface area contributed by atoms with Crippen molar-refractivity contribution in [1.29, 1.82) is 5.26 Å². The molecule has 2 aromatic rings. The van der Waals surface area contributed by atoms with E-state index in [4.69, 9.17) is 10.00 Å². The van der Waals surface area contributed by atoms with Gasteiger partial charge in [-0.25, -0.2) is 0 Å². The van der Waals surface area contributed by atoms with Crippen LogP contribution in [0.2, 0.25) is 0 Å². The van der Waals surface area contributed by atoms with Crippen molar-refractivity contribution in [2.45, 2.75) is 67.8 Å². The molecule has 1 aliphatic rings. The third kappa shape index (κ3) is 7.42. The van der Waals surface area contributed by atoms with Gasteiger partial charge >= 0.3 is 0 Å². The zero-order valence-corrected chi connectivity index (χ0v) is 24.4. The van der Waals surface area contributed by atoms with Crippen molar-refractivity contribution in [2.24, 2.45) is 11.8 Å². The highest BCUT2D eigenvalue weighted by Crippen LogP contribution is 2.47. The van der Waals surface area contributed by atoms with Crippen molar-refractivity contribution in [3.05, 3.63) is 95.1 Å². The Morgan fingerprint density at radius 2 is 1.81 bits per heavy atom. The molecule has 0 saturated heterocycles. The smallest absolute Gasteiger partial charge is 0.115 e. The molecule has 3 nitrogen and oxygen atoms in total. The van der Waals surface area contributed by atoms with E-state index in [1.54, 1.807) is 0 Å². The Bertz CT molecular complexity index is 1040. The van der Waals surface area contributed by atoms with E-state index in [1.807, 2.05) is 42.5 Å². The van der Waals surface area contributed by atoms with Crippen molar-refractivity contribution < 1.29 is 9.84 Å². The van der Waals surface area contributed by atoms with Gasteiger partial charge in [0.15, 0.2) is 0 Å². The lowest BCUT2D eigenvalue weighted by molar-refractivity contribution is -0.00755. The van der Waals surface area contributed by atoms with Crippen LogP contribution >= 0.6 is 31.9 Å². The van der Waals surface area contributed by atoms with Gasteiger partial charge in [0.2, 0.25) is 0 Å². The highest BCUT2D eigenvalue weighted by atomic mass is 79.9. The van der Waals surface area contributed by atoms with Gasteiger partial charge in [0.25, 0.3) is 0 Å². The van der Waals surface area contributed by atoms with E-state index in [1.165, 1.54) is 0 Å². The number of halogens is 2. The highest BCUT2D eigenvalue weighted by Gasteiger charge is 2.45. The van der Waals surface area contributed by atoms with Crippen LogP contribution in [0.1, 0.15) is 62.6 Å². The molecule has 5 atom stereocenters. The van der Waals surface area contributed by atoms with Crippen LogP contribution < -0.4 is 0 Å². The summed E-state index contributed by atoms with van der Waals surface area (Å²) < 4.78 is 5.96. The fourth-order valence-electron chi connectivity index (χ4n) is 5.00. The van der Waals surface area contributed by atoms with Gasteiger partial charge in [-0.1, -0.05) is 119 Å². The molecule has 36 heavy (non-hydrogen) atoms. The highest BCUT2D eigenvalue weighted by molar-refractivity contribution is 9.12. The lowest BCUT2D eigenvalue weighted by Crippen LogP contribution is -2.43. The van der Waals surface area contributed by atoms with Crippen LogP contribution in [0.3, 0.4) is 0 Å². The second-order valence-electron chi connectivity index (χ2n) is 9.82. The third-order valence-corrected chi connectivity index (χ3v) is 9.70. The van der Waals surface area contributed by atoms with E-state index in [9.17, 15) is 5.11 Å². The first-order chi connectivity index (χ1) is 17.4. The SMILES string of the molecule is CCCCC(CC(C)CCOCc1ccc(C#N)cc1)C(O)(C1=CC=CC(Br)C1Br)c1ccccc1. The van der Waals surface area contributed by atoms with Crippen LogP contribution in [0.25, 0.3) is 0 Å². The van der Waals surface area contributed by atoms with E-state index < -0.39 is 5.60 Å². The molecule has 0 aliphatic heterocycles. The number of rotatable bonds is 13. The quantitative estimate of drug-likeness (QED) is 0.183. The first-order valence-electron chi connectivity index (χ1n) is 12.9. The molecule has 0 amide bonds. The molecule has 0 bridgehead atoms.